The van der Waals surface area contributed by atoms with Crippen LogP contribution in [-0.2, 0) is 30.2 Å². The maximum atomic E-state index is 13.8. The van der Waals surface area contributed by atoms with Crippen LogP contribution in [0.5, 0.6) is 0 Å². The maximum Gasteiger partial charge on any atom is 0.416 e. The number of nitrogens with zero attached hydrogens (tertiary/aromatic N) is 1. The predicted octanol–water partition coefficient (Wildman–Crippen LogP) is 2.57. The first-order valence-corrected chi connectivity index (χ1v) is 12.5. The molecule has 10 heteroatoms. The van der Waals surface area contributed by atoms with E-state index in [1.165, 1.54) is 6.08 Å². The van der Waals surface area contributed by atoms with Crippen molar-refractivity contribution >= 4 is 33.7 Å². The quantitative estimate of drug-likeness (QED) is 0.401. The van der Waals surface area contributed by atoms with Gasteiger partial charge in [-0.2, -0.15) is 0 Å². The van der Waals surface area contributed by atoms with Gasteiger partial charge in [0.2, 0.25) is 5.91 Å². The number of rotatable bonds is 11. The van der Waals surface area contributed by atoms with Crippen LogP contribution in [0.15, 0.2) is 40.9 Å². The van der Waals surface area contributed by atoms with Crippen molar-refractivity contribution in [3.63, 3.8) is 0 Å². The third kappa shape index (κ3) is 6.56. The van der Waals surface area contributed by atoms with E-state index < -0.39 is 41.6 Å². The summed E-state index contributed by atoms with van der Waals surface area (Å²) in [5.74, 6) is -4.02. The van der Waals surface area contributed by atoms with Crippen LogP contribution in [-0.4, -0.2) is 77.3 Å². The molecule has 192 valence electrons. The summed E-state index contributed by atoms with van der Waals surface area (Å²) in [7, 11) is 0. The fourth-order valence-corrected chi connectivity index (χ4v) is 4.75. The van der Waals surface area contributed by atoms with E-state index in [-0.39, 0.29) is 49.7 Å². The lowest BCUT2D eigenvalue weighted by atomic mass is 9.87. The first-order chi connectivity index (χ1) is 16.7. The van der Waals surface area contributed by atoms with Gasteiger partial charge in [-0.1, -0.05) is 44.2 Å². The molecule has 2 heterocycles. The van der Waals surface area contributed by atoms with Crippen molar-refractivity contribution in [3.8, 4) is 0 Å². The minimum absolute atomic E-state index is 0.0457. The van der Waals surface area contributed by atoms with E-state index in [4.69, 9.17) is 19.3 Å². The van der Waals surface area contributed by atoms with Gasteiger partial charge in [-0.05, 0) is 46.3 Å². The van der Waals surface area contributed by atoms with Gasteiger partial charge in [-0.25, -0.2) is 9.69 Å². The average Bonchev–Trinajstić information content (AvgIpc) is 3.22. The minimum atomic E-state index is -1.85. The number of ether oxygens (including phenoxy) is 3. The van der Waals surface area contributed by atoms with Crippen LogP contribution in [0.25, 0.3) is 0 Å². The fraction of sp³-hybridized carbons (Fsp3) is 0.560. The van der Waals surface area contributed by atoms with Crippen molar-refractivity contribution in [2.45, 2.75) is 51.0 Å². The molecule has 1 saturated heterocycles. The Hall–Kier alpha value is -2.11. The molecule has 1 aromatic carbocycles. The molecule has 2 aliphatic heterocycles. The number of carbonyl (C=O) groups is 3. The molecular weight excluding hydrogens is 522 g/mol. The Labute approximate surface area is 213 Å². The minimum Gasteiger partial charge on any atom is -0.447 e. The highest BCUT2D eigenvalue weighted by Crippen LogP contribution is 2.38. The van der Waals surface area contributed by atoms with E-state index >= 15 is 0 Å². The van der Waals surface area contributed by atoms with Crippen molar-refractivity contribution in [1.29, 1.82) is 0 Å². The van der Waals surface area contributed by atoms with Crippen molar-refractivity contribution in [2.24, 2.45) is 11.8 Å². The third-order valence-electron chi connectivity index (χ3n) is 6.18. The largest absolute Gasteiger partial charge is 0.447 e. The second-order valence-electron chi connectivity index (χ2n) is 9.05. The van der Waals surface area contributed by atoms with Crippen molar-refractivity contribution in [1.82, 2.24) is 4.90 Å². The lowest BCUT2D eigenvalue weighted by Crippen LogP contribution is -2.54. The Balaban J connectivity index is 1.89. The predicted molar refractivity (Wildman–Crippen MR) is 129 cm³/mol. The lowest BCUT2D eigenvalue weighted by molar-refractivity contribution is -0.218. The van der Waals surface area contributed by atoms with Crippen LogP contribution < -0.4 is 0 Å². The van der Waals surface area contributed by atoms with Crippen LogP contribution in [0.1, 0.15) is 32.3 Å². The summed E-state index contributed by atoms with van der Waals surface area (Å²) in [5, 5.41) is 20.1. The second-order valence-corrected chi connectivity index (χ2v) is 9.90. The molecule has 35 heavy (non-hydrogen) atoms. The van der Waals surface area contributed by atoms with Gasteiger partial charge < -0.3 is 24.4 Å². The summed E-state index contributed by atoms with van der Waals surface area (Å²) < 4.78 is 16.5. The molecule has 3 rings (SSSR count). The Morgan fingerprint density at radius 3 is 2.63 bits per heavy atom. The number of halogens is 1. The molecule has 1 fully saturated rings. The van der Waals surface area contributed by atoms with E-state index in [1.54, 1.807) is 0 Å². The second kappa shape index (κ2) is 12.2. The van der Waals surface area contributed by atoms with Gasteiger partial charge in [-0.15, -0.1) is 0 Å². The first kappa shape index (κ1) is 27.5. The van der Waals surface area contributed by atoms with Crippen molar-refractivity contribution < 1.29 is 38.8 Å². The van der Waals surface area contributed by atoms with E-state index in [0.29, 0.717) is 6.42 Å². The summed E-state index contributed by atoms with van der Waals surface area (Å²) in [4.78, 5) is 40.5. The highest BCUT2D eigenvalue weighted by Gasteiger charge is 2.50. The molecular formula is C25H32BrNO8. The number of benzene rings is 1. The van der Waals surface area contributed by atoms with Crippen LogP contribution in [0, 0.1) is 11.8 Å². The fourth-order valence-electron chi connectivity index (χ4n) is 4.23. The zero-order valence-corrected chi connectivity index (χ0v) is 21.5. The molecule has 4 atom stereocenters. The standard InChI is InChI=1S/C25H32BrNO8/c1-16(2)19-15-34-24(31)27(19)23(30)18(13-17-7-4-3-5-8-17)22-20(29)14-21(26)25(32,35-22)9-6-11-33-12-10-28/h3-5,7-8,14,16,18-19,22,28,32H,6,9-13,15H2,1-2H3/t18-,19+,22-,25+/m1/s1. The smallest absolute Gasteiger partial charge is 0.416 e. The van der Waals surface area contributed by atoms with Crippen LogP contribution in [0.2, 0.25) is 0 Å². The highest BCUT2D eigenvalue weighted by molar-refractivity contribution is 9.11. The normalized spacial score (nSPS) is 25.5. The summed E-state index contributed by atoms with van der Waals surface area (Å²) in [6.45, 7) is 4.20. The van der Waals surface area contributed by atoms with Gasteiger partial charge in [0, 0.05) is 13.0 Å². The van der Waals surface area contributed by atoms with Crippen LogP contribution >= 0.6 is 15.9 Å². The summed E-state index contributed by atoms with van der Waals surface area (Å²) in [6, 6.07) is 8.67. The first-order valence-electron chi connectivity index (χ1n) is 11.7. The zero-order valence-electron chi connectivity index (χ0n) is 19.9. The number of imide groups is 1. The van der Waals surface area contributed by atoms with Gasteiger partial charge in [-0.3, -0.25) is 9.59 Å². The lowest BCUT2D eigenvalue weighted by Gasteiger charge is -2.39. The molecule has 0 saturated carbocycles. The number of carbonyl (C=O) groups excluding carboxylic acids is 3. The number of aliphatic hydroxyl groups is 2. The molecule has 2 N–H and O–H groups in total. The molecule has 0 bridgehead atoms. The Kier molecular flexibility index (Phi) is 9.60. The number of cyclic esters (lactones) is 1. The summed E-state index contributed by atoms with van der Waals surface area (Å²) >= 11 is 3.23. The monoisotopic (exact) mass is 553 g/mol. The molecule has 0 aliphatic carbocycles. The average molecular weight is 554 g/mol. The Morgan fingerprint density at radius 1 is 1.26 bits per heavy atom. The number of aliphatic hydroxyl groups excluding tert-OH is 1. The zero-order chi connectivity index (χ0) is 25.6. The number of ketones is 1. The Bertz CT molecular complexity index is 937. The molecule has 9 nitrogen and oxygen atoms in total. The van der Waals surface area contributed by atoms with E-state index in [2.05, 4.69) is 15.9 Å². The highest BCUT2D eigenvalue weighted by atomic mass is 79.9. The number of amides is 2. The van der Waals surface area contributed by atoms with Crippen molar-refractivity contribution in [3.05, 3.63) is 46.5 Å². The van der Waals surface area contributed by atoms with Gasteiger partial charge >= 0.3 is 6.09 Å². The van der Waals surface area contributed by atoms with Gasteiger partial charge in [0.1, 0.15) is 12.7 Å². The molecule has 2 amide bonds. The topological polar surface area (TPSA) is 123 Å². The van der Waals surface area contributed by atoms with E-state index in [0.717, 1.165) is 10.5 Å². The van der Waals surface area contributed by atoms with Gasteiger partial charge in [0.05, 0.1) is 29.7 Å². The summed E-state index contributed by atoms with van der Waals surface area (Å²) in [5.41, 5.74) is 0.783. The van der Waals surface area contributed by atoms with Crippen LogP contribution in [0.3, 0.4) is 0 Å². The van der Waals surface area contributed by atoms with Crippen molar-refractivity contribution in [2.75, 3.05) is 26.4 Å². The molecule has 2 aliphatic rings. The third-order valence-corrected chi connectivity index (χ3v) is 7.03. The molecule has 1 aromatic rings. The molecule has 0 aromatic heterocycles. The number of hydrogen-bond acceptors (Lipinski definition) is 8. The van der Waals surface area contributed by atoms with E-state index in [1.807, 2.05) is 44.2 Å². The van der Waals surface area contributed by atoms with E-state index in [9.17, 15) is 19.5 Å². The van der Waals surface area contributed by atoms with Crippen LogP contribution in [0.4, 0.5) is 4.79 Å². The molecule has 0 radical (unpaired) electrons. The van der Waals surface area contributed by atoms with Gasteiger partial charge in [0.15, 0.2) is 11.6 Å². The SMILES string of the molecule is CC(C)[C@@H]1COC(=O)N1C(=O)[C@H](Cc1ccccc1)[C@H]1O[C@@](O)(CCCOCCO)C(Br)=CC1=O. The number of hydrogen-bond donors (Lipinski definition) is 2. The molecule has 0 unspecified atom stereocenters. The Morgan fingerprint density at radius 2 is 1.97 bits per heavy atom. The maximum absolute atomic E-state index is 13.8. The molecule has 0 spiro atoms. The summed E-state index contributed by atoms with van der Waals surface area (Å²) in [6.07, 6.45) is -0.226. The van der Waals surface area contributed by atoms with Gasteiger partial charge in [0.25, 0.3) is 0 Å².